The second-order valence-corrected chi connectivity index (χ2v) is 6.28. The summed E-state index contributed by atoms with van der Waals surface area (Å²) < 4.78 is 26.6. The molecule has 1 fully saturated rings. The van der Waals surface area contributed by atoms with Gasteiger partial charge in [-0.2, -0.15) is 0 Å². The zero-order chi connectivity index (χ0) is 18.6. The number of nitrogens with zero attached hydrogens (tertiary/aromatic N) is 1. The van der Waals surface area contributed by atoms with Gasteiger partial charge in [0.2, 0.25) is 0 Å². The largest absolute Gasteiger partial charge is 0.480 e. The van der Waals surface area contributed by atoms with E-state index < -0.39 is 29.7 Å². The predicted octanol–water partition coefficient (Wildman–Crippen LogP) is 2.26. The lowest BCUT2D eigenvalue weighted by molar-refractivity contribution is -0.139. The highest BCUT2D eigenvalue weighted by molar-refractivity contribution is 5.75. The minimum absolute atomic E-state index is 0.0129. The van der Waals surface area contributed by atoms with E-state index in [0.29, 0.717) is 19.4 Å². The number of hydrogen-bond acceptors (Lipinski definition) is 3. The molecule has 25 heavy (non-hydrogen) atoms. The third kappa shape index (κ3) is 5.12. The Morgan fingerprint density at radius 2 is 2.04 bits per heavy atom. The van der Waals surface area contributed by atoms with Gasteiger partial charge < -0.3 is 15.7 Å². The lowest BCUT2D eigenvalue weighted by atomic mass is 9.85. The number of benzene rings is 1. The van der Waals surface area contributed by atoms with Gasteiger partial charge in [-0.25, -0.2) is 13.6 Å². The second-order valence-electron chi connectivity index (χ2n) is 6.28. The van der Waals surface area contributed by atoms with Crippen LogP contribution in [0.15, 0.2) is 18.2 Å². The van der Waals surface area contributed by atoms with Crippen LogP contribution in [-0.4, -0.2) is 47.2 Å². The SMILES string of the molecule is CCN(CC(=O)O)C1CC(NC(=O)N[C@@H](C)c2ccc(F)cc2F)C1. The zero-order valence-corrected chi connectivity index (χ0v) is 14.3. The van der Waals surface area contributed by atoms with E-state index >= 15 is 0 Å². The Bertz CT molecular complexity index is 636. The van der Waals surface area contributed by atoms with Crippen LogP contribution < -0.4 is 10.6 Å². The topological polar surface area (TPSA) is 81.7 Å². The van der Waals surface area contributed by atoms with E-state index in [0.717, 1.165) is 12.1 Å². The van der Waals surface area contributed by atoms with Crippen molar-refractivity contribution in [2.75, 3.05) is 13.1 Å². The van der Waals surface area contributed by atoms with Crippen molar-refractivity contribution in [3.05, 3.63) is 35.4 Å². The number of rotatable bonds is 7. The molecule has 0 unspecified atom stereocenters. The molecule has 138 valence electrons. The fraction of sp³-hybridized carbons (Fsp3) is 0.529. The maximum atomic E-state index is 13.7. The molecular weight excluding hydrogens is 332 g/mol. The Labute approximate surface area is 145 Å². The highest BCUT2D eigenvalue weighted by Gasteiger charge is 2.34. The minimum Gasteiger partial charge on any atom is -0.480 e. The number of amides is 2. The fourth-order valence-corrected chi connectivity index (χ4v) is 3.03. The molecule has 0 aliphatic heterocycles. The number of aliphatic carboxylic acids is 1. The average Bonchev–Trinajstić information content (AvgIpc) is 2.48. The molecule has 6 nitrogen and oxygen atoms in total. The first-order valence-corrected chi connectivity index (χ1v) is 8.28. The average molecular weight is 355 g/mol. The standard InChI is InChI=1S/C17H23F2N3O3/c1-3-22(9-16(23)24)13-7-12(8-13)21-17(25)20-10(2)14-5-4-11(18)6-15(14)19/h4-6,10,12-13H,3,7-9H2,1-2H3,(H,23,24)(H2,20,21,25)/t10-,12?,13?/m0/s1. The van der Waals surface area contributed by atoms with Crippen LogP contribution in [0, 0.1) is 11.6 Å². The molecule has 0 heterocycles. The maximum absolute atomic E-state index is 13.7. The fourth-order valence-electron chi connectivity index (χ4n) is 3.03. The van der Waals surface area contributed by atoms with Gasteiger partial charge in [0.1, 0.15) is 11.6 Å². The molecule has 0 saturated heterocycles. The van der Waals surface area contributed by atoms with Gasteiger partial charge in [0, 0.05) is 23.7 Å². The molecule has 1 aromatic rings. The Morgan fingerprint density at radius 3 is 2.60 bits per heavy atom. The number of carbonyl (C=O) groups is 2. The van der Waals surface area contributed by atoms with Gasteiger partial charge in [-0.1, -0.05) is 13.0 Å². The van der Waals surface area contributed by atoms with Gasteiger partial charge in [0.05, 0.1) is 12.6 Å². The molecule has 2 rings (SSSR count). The first-order valence-electron chi connectivity index (χ1n) is 8.28. The van der Waals surface area contributed by atoms with Crippen molar-refractivity contribution in [2.24, 2.45) is 0 Å². The highest BCUT2D eigenvalue weighted by atomic mass is 19.1. The number of carbonyl (C=O) groups excluding carboxylic acids is 1. The van der Waals surface area contributed by atoms with Crippen LogP contribution in [-0.2, 0) is 4.79 Å². The van der Waals surface area contributed by atoms with Gasteiger partial charge in [-0.15, -0.1) is 0 Å². The molecule has 2 amide bonds. The van der Waals surface area contributed by atoms with Crippen molar-refractivity contribution in [2.45, 2.75) is 44.8 Å². The van der Waals surface area contributed by atoms with E-state index in [-0.39, 0.29) is 24.2 Å². The third-order valence-corrected chi connectivity index (χ3v) is 4.49. The Balaban J connectivity index is 1.79. The number of urea groups is 1. The van der Waals surface area contributed by atoms with Crippen LogP contribution in [0.5, 0.6) is 0 Å². The van der Waals surface area contributed by atoms with E-state index in [2.05, 4.69) is 10.6 Å². The van der Waals surface area contributed by atoms with Crippen LogP contribution in [0.4, 0.5) is 13.6 Å². The summed E-state index contributed by atoms with van der Waals surface area (Å²) in [6.45, 7) is 4.14. The molecule has 1 saturated carbocycles. The zero-order valence-electron chi connectivity index (χ0n) is 14.3. The van der Waals surface area contributed by atoms with Crippen molar-refractivity contribution in [3.8, 4) is 0 Å². The molecule has 0 aromatic heterocycles. The summed E-state index contributed by atoms with van der Waals surface area (Å²) in [4.78, 5) is 24.7. The summed E-state index contributed by atoms with van der Waals surface area (Å²) in [5.41, 5.74) is 0.210. The van der Waals surface area contributed by atoms with Crippen LogP contribution in [0.3, 0.4) is 0 Å². The van der Waals surface area contributed by atoms with Crippen molar-refractivity contribution in [3.63, 3.8) is 0 Å². The second kappa shape index (κ2) is 8.24. The molecular formula is C17H23F2N3O3. The maximum Gasteiger partial charge on any atom is 0.317 e. The van der Waals surface area contributed by atoms with Crippen LogP contribution >= 0.6 is 0 Å². The molecule has 0 radical (unpaired) electrons. The van der Waals surface area contributed by atoms with Crippen molar-refractivity contribution >= 4 is 12.0 Å². The third-order valence-electron chi connectivity index (χ3n) is 4.49. The van der Waals surface area contributed by atoms with Gasteiger partial charge in [-0.3, -0.25) is 9.69 Å². The Hall–Kier alpha value is -2.22. The lowest BCUT2D eigenvalue weighted by Gasteiger charge is -2.42. The van der Waals surface area contributed by atoms with Crippen LogP contribution in [0.25, 0.3) is 0 Å². The summed E-state index contributed by atoms with van der Waals surface area (Å²) >= 11 is 0. The summed E-state index contributed by atoms with van der Waals surface area (Å²) in [5.74, 6) is -2.24. The van der Waals surface area contributed by atoms with Gasteiger partial charge in [0.25, 0.3) is 0 Å². The van der Waals surface area contributed by atoms with E-state index in [1.807, 2.05) is 11.8 Å². The minimum atomic E-state index is -0.869. The molecule has 0 spiro atoms. The number of nitrogens with one attached hydrogen (secondary N) is 2. The summed E-state index contributed by atoms with van der Waals surface area (Å²) in [6, 6.07) is 2.30. The molecule has 1 atom stereocenters. The first-order chi connectivity index (χ1) is 11.8. The number of hydrogen-bond donors (Lipinski definition) is 3. The van der Waals surface area contributed by atoms with Crippen LogP contribution in [0.2, 0.25) is 0 Å². The number of carboxylic acid groups (broad SMARTS) is 1. The summed E-state index contributed by atoms with van der Waals surface area (Å²) in [5, 5.41) is 14.3. The Kier molecular flexibility index (Phi) is 6.30. The summed E-state index contributed by atoms with van der Waals surface area (Å²) in [7, 11) is 0. The first kappa shape index (κ1) is 19.1. The predicted molar refractivity (Wildman–Crippen MR) is 88.1 cm³/mol. The lowest BCUT2D eigenvalue weighted by Crippen LogP contribution is -2.56. The van der Waals surface area contributed by atoms with E-state index in [1.54, 1.807) is 6.92 Å². The summed E-state index contributed by atoms with van der Waals surface area (Å²) in [6.07, 6.45) is 1.35. The van der Waals surface area contributed by atoms with Crippen molar-refractivity contribution in [1.82, 2.24) is 15.5 Å². The highest BCUT2D eigenvalue weighted by Crippen LogP contribution is 2.25. The van der Waals surface area contributed by atoms with Crippen LogP contribution in [0.1, 0.15) is 38.3 Å². The normalized spacial score (nSPS) is 20.7. The molecule has 0 bridgehead atoms. The molecule has 1 aliphatic carbocycles. The van der Waals surface area contributed by atoms with Crippen molar-refractivity contribution in [1.29, 1.82) is 0 Å². The molecule has 1 aromatic carbocycles. The Morgan fingerprint density at radius 1 is 1.36 bits per heavy atom. The van der Waals surface area contributed by atoms with Gasteiger partial charge in [-0.05, 0) is 32.4 Å². The number of likely N-dealkylation sites (N-methyl/N-ethyl adjacent to an activating group) is 1. The van der Waals surface area contributed by atoms with E-state index in [4.69, 9.17) is 5.11 Å². The number of halogens is 2. The van der Waals surface area contributed by atoms with E-state index in [9.17, 15) is 18.4 Å². The monoisotopic (exact) mass is 355 g/mol. The molecule has 3 N–H and O–H groups in total. The quantitative estimate of drug-likeness (QED) is 0.701. The van der Waals surface area contributed by atoms with Gasteiger partial charge in [0.15, 0.2) is 0 Å². The molecule has 1 aliphatic rings. The van der Waals surface area contributed by atoms with Crippen molar-refractivity contribution < 1.29 is 23.5 Å². The number of carboxylic acids is 1. The van der Waals surface area contributed by atoms with Gasteiger partial charge >= 0.3 is 12.0 Å². The molecule has 8 heteroatoms. The van der Waals surface area contributed by atoms with E-state index in [1.165, 1.54) is 6.07 Å². The smallest absolute Gasteiger partial charge is 0.317 e.